The second-order valence-electron chi connectivity index (χ2n) is 16.5. The topological polar surface area (TPSA) is 55.8 Å². The zero-order valence-corrected chi connectivity index (χ0v) is 38.1. The zero-order chi connectivity index (χ0) is 41.2. The number of ether oxygens (including phenoxy) is 2. The van der Waals surface area contributed by atoms with E-state index in [0.29, 0.717) is 13.0 Å². The van der Waals surface area contributed by atoms with Gasteiger partial charge in [-0.15, -0.1) is 0 Å². The van der Waals surface area contributed by atoms with Gasteiger partial charge in [0.1, 0.15) is 6.10 Å². The Kier molecular flexibility index (Phi) is 48.6. The molecule has 0 radical (unpaired) electrons. The summed E-state index contributed by atoms with van der Waals surface area (Å²) in [7, 11) is 0. The Hall–Kier alpha value is -1.91. The van der Waals surface area contributed by atoms with Gasteiger partial charge in [0.2, 0.25) is 0 Å². The molecule has 0 heterocycles. The quantitative estimate of drug-likeness (QED) is 0.0379. The molecule has 0 rings (SSSR count). The normalized spacial score (nSPS) is 12.8. The Morgan fingerprint density at radius 3 is 1.21 bits per heavy atom. The van der Waals surface area contributed by atoms with Crippen LogP contribution in [0.3, 0.4) is 0 Å². The van der Waals surface area contributed by atoms with Crippen molar-refractivity contribution in [3.63, 3.8) is 0 Å². The molecule has 4 heteroatoms. The molecule has 0 aromatic rings. The predicted molar refractivity (Wildman–Crippen MR) is 251 cm³/mol. The lowest BCUT2D eigenvalue weighted by Gasteiger charge is -2.16. The molecule has 0 aliphatic carbocycles. The van der Waals surface area contributed by atoms with Crippen LogP contribution in [0.4, 0.5) is 0 Å². The molecule has 0 amide bonds. The third-order valence-electron chi connectivity index (χ3n) is 10.8. The molecular formula is C53H96O4. The molecule has 0 saturated heterocycles. The maximum absolute atomic E-state index is 12.2. The first-order chi connectivity index (χ1) is 28.2. The fourth-order valence-electron chi connectivity index (χ4n) is 7.14. The van der Waals surface area contributed by atoms with Crippen molar-refractivity contribution in [3.05, 3.63) is 60.8 Å². The number of unbranched alkanes of at least 4 members (excludes halogenated alkanes) is 28. The maximum atomic E-state index is 12.2. The SMILES string of the molecule is CC/C=C\C/C=C\C/C=C\C/C=C\CCCCCCCCC(=O)OC(CO)COCCCCCCCCCCCCCCCC/C=C\CCCCCCCCCC. The van der Waals surface area contributed by atoms with E-state index in [1.54, 1.807) is 0 Å². The van der Waals surface area contributed by atoms with Crippen LogP contribution in [0.15, 0.2) is 60.8 Å². The number of hydrogen-bond acceptors (Lipinski definition) is 4. The fraction of sp³-hybridized carbons (Fsp3) is 0.792. The third-order valence-corrected chi connectivity index (χ3v) is 10.8. The average Bonchev–Trinajstić information content (AvgIpc) is 3.22. The van der Waals surface area contributed by atoms with E-state index in [9.17, 15) is 9.90 Å². The number of rotatable bonds is 46. The van der Waals surface area contributed by atoms with Crippen molar-refractivity contribution in [2.24, 2.45) is 0 Å². The van der Waals surface area contributed by atoms with Crippen LogP contribution in [0.5, 0.6) is 0 Å². The second kappa shape index (κ2) is 50.2. The van der Waals surface area contributed by atoms with Crippen molar-refractivity contribution in [3.8, 4) is 0 Å². The van der Waals surface area contributed by atoms with Gasteiger partial charge in [-0.05, 0) is 77.0 Å². The van der Waals surface area contributed by atoms with Crippen molar-refractivity contribution in [2.45, 2.75) is 251 Å². The van der Waals surface area contributed by atoms with E-state index in [0.717, 1.165) is 57.8 Å². The molecule has 0 spiro atoms. The highest BCUT2D eigenvalue weighted by Crippen LogP contribution is 2.15. The van der Waals surface area contributed by atoms with Crippen LogP contribution in [0.2, 0.25) is 0 Å². The van der Waals surface area contributed by atoms with Crippen LogP contribution < -0.4 is 0 Å². The van der Waals surface area contributed by atoms with E-state index in [1.165, 1.54) is 167 Å². The van der Waals surface area contributed by atoms with E-state index in [4.69, 9.17) is 9.47 Å². The molecule has 0 aromatic heterocycles. The largest absolute Gasteiger partial charge is 0.457 e. The van der Waals surface area contributed by atoms with Crippen LogP contribution in [-0.2, 0) is 14.3 Å². The van der Waals surface area contributed by atoms with E-state index in [1.807, 2.05) is 0 Å². The lowest BCUT2D eigenvalue weighted by Crippen LogP contribution is -2.27. The smallest absolute Gasteiger partial charge is 0.306 e. The first kappa shape index (κ1) is 55.1. The van der Waals surface area contributed by atoms with Gasteiger partial charge in [0, 0.05) is 13.0 Å². The molecule has 1 unspecified atom stereocenters. The lowest BCUT2D eigenvalue weighted by atomic mass is 10.0. The highest BCUT2D eigenvalue weighted by Gasteiger charge is 2.13. The van der Waals surface area contributed by atoms with Gasteiger partial charge in [0.15, 0.2) is 0 Å². The number of allylic oxidation sites excluding steroid dienone is 10. The minimum atomic E-state index is -0.544. The molecule has 4 nitrogen and oxygen atoms in total. The number of carbonyl (C=O) groups excluding carboxylic acids is 1. The molecule has 0 saturated carbocycles. The van der Waals surface area contributed by atoms with Crippen LogP contribution >= 0.6 is 0 Å². The lowest BCUT2D eigenvalue weighted by molar-refractivity contribution is -0.154. The third kappa shape index (κ3) is 48.4. The number of hydrogen-bond donors (Lipinski definition) is 1. The molecule has 0 fully saturated rings. The van der Waals surface area contributed by atoms with E-state index in [-0.39, 0.29) is 19.2 Å². The molecule has 332 valence electrons. The first-order valence-corrected chi connectivity index (χ1v) is 24.9. The summed E-state index contributed by atoms with van der Waals surface area (Å²) in [6, 6.07) is 0. The Bertz CT molecular complexity index is 931. The number of esters is 1. The minimum absolute atomic E-state index is 0.178. The van der Waals surface area contributed by atoms with Gasteiger partial charge in [-0.1, -0.05) is 222 Å². The Morgan fingerprint density at radius 1 is 0.439 bits per heavy atom. The average molecular weight is 797 g/mol. The van der Waals surface area contributed by atoms with Crippen molar-refractivity contribution in [1.29, 1.82) is 0 Å². The van der Waals surface area contributed by atoms with Crippen molar-refractivity contribution < 1.29 is 19.4 Å². The Labute approximate surface area is 355 Å². The Balaban J connectivity index is 3.41. The molecule has 0 bridgehead atoms. The predicted octanol–water partition coefficient (Wildman–Crippen LogP) is 16.8. The minimum Gasteiger partial charge on any atom is -0.457 e. The fourth-order valence-corrected chi connectivity index (χ4v) is 7.14. The van der Waals surface area contributed by atoms with Gasteiger partial charge in [0.05, 0.1) is 13.2 Å². The standard InChI is InChI=1S/C53H96O4/c1-3-5-7-9-11-13-15-17-19-21-23-24-25-26-27-28-29-31-33-35-37-39-41-43-45-47-49-56-51-52(50-54)57-53(55)48-46-44-42-40-38-36-34-32-30-22-20-18-16-14-12-10-8-6-4-2/h6,8,12,14,18,20-21,23,30,32,52,54H,3-5,7,9-11,13,15-17,19,22,24-29,31,33-51H2,1-2H3/b8-6-,14-12-,20-18-,23-21-,32-30-. The first-order valence-electron chi connectivity index (χ1n) is 24.9. The molecular weight excluding hydrogens is 701 g/mol. The van der Waals surface area contributed by atoms with Gasteiger partial charge in [-0.3, -0.25) is 4.79 Å². The van der Waals surface area contributed by atoms with E-state index >= 15 is 0 Å². The van der Waals surface area contributed by atoms with Crippen molar-refractivity contribution in [2.75, 3.05) is 19.8 Å². The molecule has 1 N–H and O–H groups in total. The maximum Gasteiger partial charge on any atom is 0.306 e. The Morgan fingerprint density at radius 2 is 0.789 bits per heavy atom. The second-order valence-corrected chi connectivity index (χ2v) is 16.5. The van der Waals surface area contributed by atoms with E-state index < -0.39 is 6.10 Å². The monoisotopic (exact) mass is 797 g/mol. The molecule has 0 aromatic carbocycles. The van der Waals surface area contributed by atoms with Gasteiger partial charge >= 0.3 is 5.97 Å². The summed E-state index contributed by atoms with van der Waals surface area (Å²) < 4.78 is 11.2. The van der Waals surface area contributed by atoms with Crippen LogP contribution in [-0.4, -0.2) is 37.0 Å². The van der Waals surface area contributed by atoms with Gasteiger partial charge < -0.3 is 14.6 Å². The van der Waals surface area contributed by atoms with Crippen LogP contribution in [0, 0.1) is 0 Å². The van der Waals surface area contributed by atoms with E-state index in [2.05, 4.69) is 74.6 Å². The number of carbonyl (C=O) groups is 1. The summed E-state index contributed by atoms with van der Waals surface area (Å²) >= 11 is 0. The summed E-state index contributed by atoms with van der Waals surface area (Å²) in [6.45, 7) is 5.24. The van der Waals surface area contributed by atoms with Gasteiger partial charge in [-0.2, -0.15) is 0 Å². The number of aliphatic hydroxyl groups is 1. The summed E-state index contributed by atoms with van der Waals surface area (Å²) in [5, 5.41) is 9.64. The molecule has 0 aliphatic rings. The van der Waals surface area contributed by atoms with Gasteiger partial charge in [-0.25, -0.2) is 0 Å². The number of aliphatic hydroxyl groups excluding tert-OH is 1. The van der Waals surface area contributed by atoms with Crippen molar-refractivity contribution >= 4 is 5.97 Å². The highest BCUT2D eigenvalue weighted by molar-refractivity contribution is 5.69. The molecule has 57 heavy (non-hydrogen) atoms. The van der Waals surface area contributed by atoms with Crippen LogP contribution in [0.25, 0.3) is 0 Å². The van der Waals surface area contributed by atoms with Gasteiger partial charge in [0.25, 0.3) is 0 Å². The molecule has 0 aliphatic heterocycles. The zero-order valence-electron chi connectivity index (χ0n) is 38.1. The van der Waals surface area contributed by atoms with Crippen LogP contribution in [0.1, 0.15) is 245 Å². The summed E-state index contributed by atoms with van der Waals surface area (Å²) in [5.41, 5.74) is 0. The highest BCUT2D eigenvalue weighted by atomic mass is 16.6. The molecule has 1 atom stereocenters. The summed E-state index contributed by atoms with van der Waals surface area (Å²) in [4.78, 5) is 12.2. The van der Waals surface area contributed by atoms with Crippen molar-refractivity contribution in [1.82, 2.24) is 0 Å². The summed E-state index contributed by atoms with van der Waals surface area (Å²) in [5.74, 6) is -0.213. The summed E-state index contributed by atoms with van der Waals surface area (Å²) in [6.07, 6.45) is 67.4.